The van der Waals surface area contributed by atoms with E-state index >= 15 is 0 Å². The Hall–Kier alpha value is -2.81. The van der Waals surface area contributed by atoms with Crippen LogP contribution in [0.2, 0.25) is 0 Å². The summed E-state index contributed by atoms with van der Waals surface area (Å²) in [6.07, 6.45) is 1.80. The van der Waals surface area contributed by atoms with E-state index in [1.807, 2.05) is 60.7 Å². The Morgan fingerprint density at radius 1 is 0.970 bits per heavy atom. The molecule has 0 N–H and O–H groups in total. The predicted molar refractivity (Wildman–Crippen MR) is 140 cm³/mol. The Bertz CT molecular complexity index is 1230. The zero-order valence-corrected chi connectivity index (χ0v) is 21.1. The van der Waals surface area contributed by atoms with Crippen LogP contribution in [0.5, 0.6) is 17.2 Å². The van der Waals surface area contributed by atoms with E-state index in [4.69, 9.17) is 26.4 Å². The normalized spacial score (nSPS) is 14.6. The molecule has 3 aromatic carbocycles. The second-order valence-electron chi connectivity index (χ2n) is 7.01. The lowest BCUT2D eigenvalue weighted by atomic mass is 10.1. The SMILES string of the molecule is COc1cc(/C=C2\SC(=S)N(c3ccccc3OC)C2=O)ccc1OCc1ccc(Br)cc1. The number of methoxy groups -OCH3 is 2. The Morgan fingerprint density at radius 2 is 1.70 bits per heavy atom. The average Bonchev–Trinajstić information content (AvgIpc) is 3.11. The number of anilines is 1. The van der Waals surface area contributed by atoms with Crippen LogP contribution >= 0.6 is 39.9 Å². The number of carbonyl (C=O) groups is 1. The summed E-state index contributed by atoms with van der Waals surface area (Å²) in [5, 5.41) is 0. The summed E-state index contributed by atoms with van der Waals surface area (Å²) in [5.74, 6) is 1.60. The molecule has 0 atom stereocenters. The molecule has 0 saturated carbocycles. The molecule has 33 heavy (non-hydrogen) atoms. The van der Waals surface area contributed by atoms with Crippen LogP contribution < -0.4 is 19.1 Å². The molecule has 1 amide bonds. The molecule has 0 aliphatic carbocycles. The minimum absolute atomic E-state index is 0.191. The summed E-state index contributed by atoms with van der Waals surface area (Å²) in [6.45, 7) is 0.417. The molecule has 3 aromatic rings. The van der Waals surface area contributed by atoms with E-state index in [0.717, 1.165) is 15.6 Å². The molecule has 1 saturated heterocycles. The van der Waals surface area contributed by atoms with Gasteiger partial charge in [-0.15, -0.1) is 0 Å². The molecule has 1 aliphatic heterocycles. The number of hydrogen-bond donors (Lipinski definition) is 0. The third-order valence-corrected chi connectivity index (χ3v) is 6.74. The average molecular weight is 542 g/mol. The monoisotopic (exact) mass is 541 g/mol. The van der Waals surface area contributed by atoms with Gasteiger partial charge in [-0.05, 0) is 53.6 Å². The van der Waals surface area contributed by atoms with Gasteiger partial charge in [-0.3, -0.25) is 9.69 Å². The summed E-state index contributed by atoms with van der Waals surface area (Å²) in [6, 6.07) is 20.8. The third kappa shape index (κ3) is 5.24. The zero-order valence-electron chi connectivity index (χ0n) is 17.9. The van der Waals surface area contributed by atoms with Crippen molar-refractivity contribution in [1.29, 1.82) is 0 Å². The van der Waals surface area contributed by atoms with Crippen LogP contribution in [-0.2, 0) is 11.4 Å². The van der Waals surface area contributed by atoms with E-state index in [0.29, 0.717) is 38.8 Å². The van der Waals surface area contributed by atoms with Crippen molar-refractivity contribution in [1.82, 2.24) is 0 Å². The molecule has 0 spiro atoms. The van der Waals surface area contributed by atoms with E-state index in [-0.39, 0.29) is 5.91 Å². The molecule has 8 heteroatoms. The Labute approximate surface area is 210 Å². The van der Waals surface area contributed by atoms with Crippen molar-refractivity contribution in [3.8, 4) is 17.2 Å². The topological polar surface area (TPSA) is 48.0 Å². The third-order valence-electron chi connectivity index (χ3n) is 4.91. The highest BCUT2D eigenvalue weighted by Gasteiger charge is 2.34. The first-order valence-electron chi connectivity index (χ1n) is 9.96. The number of ether oxygens (including phenoxy) is 3. The number of halogens is 1. The highest BCUT2D eigenvalue weighted by Crippen LogP contribution is 2.40. The number of amides is 1. The van der Waals surface area contributed by atoms with Crippen molar-refractivity contribution in [3.63, 3.8) is 0 Å². The molecule has 1 aliphatic rings. The minimum atomic E-state index is -0.191. The van der Waals surface area contributed by atoms with Gasteiger partial charge >= 0.3 is 0 Å². The predicted octanol–water partition coefficient (Wildman–Crippen LogP) is 6.45. The van der Waals surface area contributed by atoms with Gasteiger partial charge in [-0.2, -0.15) is 0 Å². The van der Waals surface area contributed by atoms with Gasteiger partial charge in [0.1, 0.15) is 12.4 Å². The lowest BCUT2D eigenvalue weighted by Gasteiger charge is -2.17. The number of rotatable bonds is 7. The van der Waals surface area contributed by atoms with Crippen LogP contribution in [0, 0.1) is 0 Å². The van der Waals surface area contributed by atoms with E-state index in [9.17, 15) is 4.79 Å². The standard InChI is InChI=1S/C25H20BrNO4S2/c1-29-20-6-4-3-5-19(20)27-24(28)23(33-25(27)32)14-17-9-12-21(22(13-17)30-2)31-15-16-7-10-18(26)11-8-16/h3-14H,15H2,1-2H3/b23-14-. The van der Waals surface area contributed by atoms with Crippen molar-refractivity contribution in [2.45, 2.75) is 6.61 Å². The maximum Gasteiger partial charge on any atom is 0.270 e. The number of benzene rings is 3. The van der Waals surface area contributed by atoms with Crippen LogP contribution in [0.4, 0.5) is 5.69 Å². The van der Waals surface area contributed by atoms with Crippen LogP contribution in [0.25, 0.3) is 6.08 Å². The van der Waals surface area contributed by atoms with Crippen molar-refractivity contribution in [2.75, 3.05) is 19.1 Å². The molecule has 0 unspecified atom stereocenters. The van der Waals surface area contributed by atoms with E-state index < -0.39 is 0 Å². The lowest BCUT2D eigenvalue weighted by Crippen LogP contribution is -2.27. The zero-order chi connectivity index (χ0) is 23.4. The minimum Gasteiger partial charge on any atom is -0.495 e. The maximum atomic E-state index is 13.1. The number of thioether (sulfide) groups is 1. The molecule has 168 valence electrons. The van der Waals surface area contributed by atoms with Gasteiger partial charge in [0.2, 0.25) is 0 Å². The lowest BCUT2D eigenvalue weighted by molar-refractivity contribution is -0.113. The van der Waals surface area contributed by atoms with Gasteiger partial charge < -0.3 is 14.2 Å². The molecular weight excluding hydrogens is 522 g/mol. The summed E-state index contributed by atoms with van der Waals surface area (Å²) in [5.41, 5.74) is 2.48. The largest absolute Gasteiger partial charge is 0.495 e. The molecule has 1 fully saturated rings. The fourth-order valence-corrected chi connectivity index (χ4v) is 4.83. The first-order valence-corrected chi connectivity index (χ1v) is 12.0. The molecule has 5 nitrogen and oxygen atoms in total. The van der Waals surface area contributed by atoms with Crippen molar-refractivity contribution in [2.24, 2.45) is 0 Å². The van der Waals surface area contributed by atoms with Crippen molar-refractivity contribution < 1.29 is 19.0 Å². The van der Waals surface area contributed by atoms with Crippen LogP contribution in [0.3, 0.4) is 0 Å². The summed E-state index contributed by atoms with van der Waals surface area (Å²) >= 11 is 10.2. The number of nitrogens with zero attached hydrogens (tertiary/aromatic N) is 1. The van der Waals surface area contributed by atoms with Gasteiger partial charge in [0.25, 0.3) is 5.91 Å². The number of carbonyl (C=O) groups excluding carboxylic acids is 1. The second kappa shape index (κ2) is 10.4. The van der Waals surface area contributed by atoms with Crippen molar-refractivity contribution >= 4 is 61.9 Å². The van der Waals surface area contributed by atoms with E-state index in [1.165, 1.54) is 16.7 Å². The van der Waals surface area contributed by atoms with Gasteiger partial charge in [-0.25, -0.2) is 0 Å². The van der Waals surface area contributed by atoms with Crippen LogP contribution in [0.1, 0.15) is 11.1 Å². The summed E-state index contributed by atoms with van der Waals surface area (Å²) in [7, 11) is 3.16. The summed E-state index contributed by atoms with van der Waals surface area (Å²) < 4.78 is 18.3. The molecule has 4 rings (SSSR count). The highest BCUT2D eigenvalue weighted by atomic mass is 79.9. The second-order valence-corrected chi connectivity index (χ2v) is 9.61. The quantitative estimate of drug-likeness (QED) is 0.253. The molecule has 0 radical (unpaired) electrons. The van der Waals surface area contributed by atoms with Gasteiger partial charge in [0, 0.05) is 4.47 Å². The van der Waals surface area contributed by atoms with Gasteiger partial charge in [0.15, 0.2) is 15.8 Å². The fraction of sp³-hybridized carbons (Fsp3) is 0.120. The Kier molecular flexibility index (Phi) is 7.37. The number of hydrogen-bond acceptors (Lipinski definition) is 6. The highest BCUT2D eigenvalue weighted by molar-refractivity contribution is 9.10. The van der Waals surface area contributed by atoms with Gasteiger partial charge in [0.05, 0.1) is 24.8 Å². The number of para-hydroxylation sites is 2. The smallest absolute Gasteiger partial charge is 0.270 e. The Balaban J connectivity index is 1.54. The number of thiocarbonyl (C=S) groups is 1. The fourth-order valence-electron chi connectivity index (χ4n) is 3.28. The first-order chi connectivity index (χ1) is 16.0. The summed E-state index contributed by atoms with van der Waals surface area (Å²) in [4.78, 5) is 15.2. The molecule has 0 aromatic heterocycles. The molecule has 0 bridgehead atoms. The first kappa shape index (κ1) is 23.4. The van der Waals surface area contributed by atoms with Crippen molar-refractivity contribution in [3.05, 3.63) is 87.2 Å². The van der Waals surface area contributed by atoms with Crippen LogP contribution in [-0.4, -0.2) is 24.4 Å². The maximum absolute atomic E-state index is 13.1. The molecular formula is C25H20BrNO4S2. The van der Waals surface area contributed by atoms with E-state index in [1.54, 1.807) is 26.4 Å². The molecule has 1 heterocycles. The van der Waals surface area contributed by atoms with Crippen LogP contribution in [0.15, 0.2) is 76.1 Å². The Morgan fingerprint density at radius 3 is 2.42 bits per heavy atom. The van der Waals surface area contributed by atoms with E-state index in [2.05, 4.69) is 15.9 Å². The van der Waals surface area contributed by atoms with Gasteiger partial charge in [-0.1, -0.05) is 70.2 Å².